The van der Waals surface area contributed by atoms with E-state index in [1.807, 2.05) is 36.7 Å². The molecular formula is C28H45N3. The summed E-state index contributed by atoms with van der Waals surface area (Å²) in [4.78, 5) is 11.3. The highest BCUT2D eigenvalue weighted by Gasteiger charge is 2.10. The van der Waals surface area contributed by atoms with E-state index in [-0.39, 0.29) is 0 Å². The van der Waals surface area contributed by atoms with E-state index in [9.17, 15) is 0 Å². The molecule has 0 N–H and O–H groups in total. The minimum Gasteiger partial charge on any atom is -0.311 e. The van der Waals surface area contributed by atoms with Gasteiger partial charge < -0.3 is 4.90 Å². The van der Waals surface area contributed by atoms with E-state index in [0.717, 1.165) is 18.2 Å². The van der Waals surface area contributed by atoms with Gasteiger partial charge in [-0.1, -0.05) is 115 Å². The molecule has 0 aliphatic heterocycles. The van der Waals surface area contributed by atoms with Gasteiger partial charge in [0.1, 0.15) is 11.6 Å². The van der Waals surface area contributed by atoms with Crippen LogP contribution < -0.4 is 4.90 Å². The average Bonchev–Trinajstić information content (AvgIpc) is 2.82. The fourth-order valence-electron chi connectivity index (χ4n) is 4.19. The molecule has 2 aromatic heterocycles. The molecule has 31 heavy (non-hydrogen) atoms. The maximum Gasteiger partial charge on any atom is 0.134 e. The van der Waals surface area contributed by atoms with Crippen LogP contribution in [0.2, 0.25) is 0 Å². The molecule has 2 aromatic rings. The zero-order valence-corrected chi connectivity index (χ0v) is 20.0. The molecule has 3 heteroatoms. The maximum atomic E-state index is 4.53. The third-order valence-electron chi connectivity index (χ3n) is 6.09. The van der Waals surface area contributed by atoms with Crippen molar-refractivity contribution >= 4 is 11.6 Å². The van der Waals surface area contributed by atoms with Gasteiger partial charge in [0.05, 0.1) is 0 Å². The van der Waals surface area contributed by atoms with E-state index < -0.39 is 0 Å². The molecule has 0 atom stereocenters. The summed E-state index contributed by atoms with van der Waals surface area (Å²) in [6.45, 7) is 3.27. The number of rotatable bonds is 19. The van der Waals surface area contributed by atoms with Crippen LogP contribution in [0, 0.1) is 0 Å². The summed E-state index contributed by atoms with van der Waals surface area (Å²) < 4.78 is 0. The van der Waals surface area contributed by atoms with Crippen molar-refractivity contribution in [1.82, 2.24) is 9.97 Å². The number of pyridine rings is 2. The van der Waals surface area contributed by atoms with Crippen LogP contribution in [0.1, 0.15) is 110 Å². The highest BCUT2D eigenvalue weighted by molar-refractivity contribution is 5.55. The van der Waals surface area contributed by atoms with Gasteiger partial charge in [-0.15, -0.1) is 0 Å². The monoisotopic (exact) mass is 423 g/mol. The topological polar surface area (TPSA) is 29.0 Å². The Hall–Kier alpha value is -1.90. The van der Waals surface area contributed by atoms with Gasteiger partial charge in [0.2, 0.25) is 0 Å². The highest BCUT2D eigenvalue weighted by atomic mass is 15.2. The molecule has 2 rings (SSSR count). The first-order valence-corrected chi connectivity index (χ1v) is 13.0. The van der Waals surface area contributed by atoms with E-state index in [1.165, 1.54) is 103 Å². The van der Waals surface area contributed by atoms with E-state index >= 15 is 0 Å². The quantitative estimate of drug-likeness (QED) is 0.211. The Morgan fingerprint density at radius 1 is 0.516 bits per heavy atom. The van der Waals surface area contributed by atoms with Crippen LogP contribution >= 0.6 is 0 Å². The second-order valence-corrected chi connectivity index (χ2v) is 8.83. The van der Waals surface area contributed by atoms with Crippen LogP contribution in [0.3, 0.4) is 0 Å². The smallest absolute Gasteiger partial charge is 0.134 e. The SMILES string of the molecule is CCCCCCCCCCCCCCCCCCN(c1ccccn1)c1ccccn1. The summed E-state index contributed by atoms with van der Waals surface area (Å²) in [6.07, 6.45) is 26.1. The molecule has 3 nitrogen and oxygen atoms in total. The number of hydrogen-bond donors (Lipinski definition) is 0. The van der Waals surface area contributed by atoms with Crippen molar-refractivity contribution in [2.24, 2.45) is 0 Å². The molecule has 0 bridgehead atoms. The third-order valence-corrected chi connectivity index (χ3v) is 6.09. The molecule has 0 aromatic carbocycles. The zero-order valence-electron chi connectivity index (χ0n) is 20.0. The molecule has 0 aliphatic carbocycles. The highest BCUT2D eigenvalue weighted by Crippen LogP contribution is 2.22. The molecule has 0 radical (unpaired) electrons. The molecule has 0 saturated heterocycles. The van der Waals surface area contributed by atoms with Gasteiger partial charge in [-0.05, 0) is 30.7 Å². The Morgan fingerprint density at radius 2 is 0.903 bits per heavy atom. The Balaban J connectivity index is 1.46. The molecule has 0 saturated carbocycles. The molecular weight excluding hydrogens is 378 g/mol. The van der Waals surface area contributed by atoms with Crippen molar-refractivity contribution in [2.75, 3.05) is 11.4 Å². The van der Waals surface area contributed by atoms with Crippen LogP contribution in [0.5, 0.6) is 0 Å². The number of hydrogen-bond acceptors (Lipinski definition) is 3. The van der Waals surface area contributed by atoms with Gasteiger partial charge in [0.25, 0.3) is 0 Å². The predicted molar refractivity (Wildman–Crippen MR) is 135 cm³/mol. The number of anilines is 2. The van der Waals surface area contributed by atoms with Crippen molar-refractivity contribution < 1.29 is 0 Å². The minimum absolute atomic E-state index is 0.979. The fourth-order valence-corrected chi connectivity index (χ4v) is 4.19. The van der Waals surface area contributed by atoms with Crippen LogP contribution in [-0.2, 0) is 0 Å². The number of unbranched alkanes of at least 4 members (excludes halogenated alkanes) is 15. The second kappa shape index (κ2) is 17.7. The lowest BCUT2D eigenvalue weighted by Crippen LogP contribution is -2.20. The van der Waals surface area contributed by atoms with E-state index in [2.05, 4.69) is 33.9 Å². The van der Waals surface area contributed by atoms with Crippen molar-refractivity contribution in [1.29, 1.82) is 0 Å². The van der Waals surface area contributed by atoms with Crippen LogP contribution in [0.15, 0.2) is 48.8 Å². The predicted octanol–water partition coefficient (Wildman–Crippen LogP) is 8.88. The summed E-state index contributed by atoms with van der Waals surface area (Å²) >= 11 is 0. The lowest BCUT2D eigenvalue weighted by molar-refractivity contribution is 0.530. The third kappa shape index (κ3) is 11.9. The van der Waals surface area contributed by atoms with Crippen LogP contribution in [-0.4, -0.2) is 16.5 Å². The molecule has 0 fully saturated rings. The summed E-state index contributed by atoms with van der Waals surface area (Å²) in [7, 11) is 0. The first-order valence-electron chi connectivity index (χ1n) is 13.0. The number of nitrogens with zero attached hydrogens (tertiary/aromatic N) is 3. The van der Waals surface area contributed by atoms with E-state index in [0.29, 0.717) is 0 Å². The van der Waals surface area contributed by atoms with Crippen molar-refractivity contribution in [2.45, 2.75) is 110 Å². The van der Waals surface area contributed by atoms with Crippen molar-refractivity contribution in [3.05, 3.63) is 48.8 Å². The standard InChI is InChI=1S/C28H45N3/c1-2-3-4-5-6-7-8-9-10-11-12-13-14-15-16-21-26-31(27-22-17-19-24-29-27)28-23-18-20-25-30-28/h17-20,22-25H,2-16,21,26H2,1H3. The minimum atomic E-state index is 0.979. The Kier molecular flexibility index (Phi) is 14.5. The van der Waals surface area contributed by atoms with Gasteiger partial charge in [-0.2, -0.15) is 0 Å². The number of aromatic nitrogens is 2. The lowest BCUT2D eigenvalue weighted by atomic mass is 10.0. The Bertz CT molecular complexity index is 590. The summed E-state index contributed by atoms with van der Waals surface area (Å²) in [5, 5.41) is 0. The van der Waals surface area contributed by atoms with E-state index in [4.69, 9.17) is 0 Å². The van der Waals surface area contributed by atoms with E-state index in [1.54, 1.807) is 0 Å². The van der Waals surface area contributed by atoms with Gasteiger partial charge >= 0.3 is 0 Å². The largest absolute Gasteiger partial charge is 0.311 e. The molecule has 0 unspecified atom stereocenters. The summed E-state index contributed by atoms with van der Waals surface area (Å²) in [5.74, 6) is 1.98. The Morgan fingerprint density at radius 3 is 1.26 bits per heavy atom. The van der Waals surface area contributed by atoms with Crippen molar-refractivity contribution in [3.8, 4) is 0 Å². The second-order valence-electron chi connectivity index (χ2n) is 8.83. The first-order chi connectivity index (χ1) is 15.4. The van der Waals surface area contributed by atoms with Gasteiger partial charge in [0, 0.05) is 18.9 Å². The molecule has 0 amide bonds. The van der Waals surface area contributed by atoms with Gasteiger partial charge in [0.15, 0.2) is 0 Å². The molecule has 0 aliphatic rings. The fraction of sp³-hybridized carbons (Fsp3) is 0.643. The van der Waals surface area contributed by atoms with Gasteiger partial charge in [-0.25, -0.2) is 9.97 Å². The average molecular weight is 424 g/mol. The van der Waals surface area contributed by atoms with Crippen LogP contribution in [0.25, 0.3) is 0 Å². The zero-order chi connectivity index (χ0) is 21.8. The molecule has 0 spiro atoms. The van der Waals surface area contributed by atoms with Crippen LogP contribution in [0.4, 0.5) is 11.6 Å². The summed E-state index contributed by atoms with van der Waals surface area (Å²) in [6, 6.07) is 12.2. The normalized spacial score (nSPS) is 11.0. The maximum absolute atomic E-state index is 4.53. The first kappa shape index (κ1) is 25.4. The Labute approximate surface area is 191 Å². The summed E-state index contributed by atoms with van der Waals surface area (Å²) in [5.41, 5.74) is 0. The lowest BCUT2D eigenvalue weighted by Gasteiger charge is -2.22. The molecule has 172 valence electrons. The van der Waals surface area contributed by atoms with Gasteiger partial charge in [-0.3, -0.25) is 0 Å². The molecule has 2 heterocycles. The van der Waals surface area contributed by atoms with Crippen molar-refractivity contribution in [3.63, 3.8) is 0 Å².